The summed E-state index contributed by atoms with van der Waals surface area (Å²) in [5.74, 6) is 1.47. The lowest BCUT2D eigenvalue weighted by molar-refractivity contribution is 0.183. The van der Waals surface area contributed by atoms with Crippen LogP contribution in [0.1, 0.15) is 40.9 Å². The third-order valence-electron chi connectivity index (χ3n) is 6.27. The minimum atomic E-state index is 0.163. The minimum absolute atomic E-state index is 0.163. The summed E-state index contributed by atoms with van der Waals surface area (Å²) < 4.78 is 6.04. The Morgan fingerprint density at radius 2 is 1.33 bits per heavy atom. The molecular formula is C27H29NO3S2. The molecule has 0 amide bonds. The van der Waals surface area contributed by atoms with Crippen LogP contribution in [0.25, 0.3) is 0 Å². The smallest absolute Gasteiger partial charge is 0.119 e. The van der Waals surface area contributed by atoms with Crippen LogP contribution in [0, 0.1) is 0 Å². The number of piperidine rings is 1. The Hall–Kier alpha value is -2.28. The van der Waals surface area contributed by atoms with E-state index in [1.54, 1.807) is 30.0 Å². The van der Waals surface area contributed by atoms with Crippen molar-refractivity contribution in [1.82, 2.24) is 4.90 Å². The van der Waals surface area contributed by atoms with Crippen molar-refractivity contribution in [3.63, 3.8) is 0 Å². The van der Waals surface area contributed by atoms with Crippen LogP contribution in [0.2, 0.25) is 0 Å². The van der Waals surface area contributed by atoms with Crippen LogP contribution in [-0.2, 0) is 0 Å². The van der Waals surface area contributed by atoms with E-state index in [0.29, 0.717) is 0 Å². The first kappa shape index (κ1) is 22.5. The van der Waals surface area contributed by atoms with Crippen LogP contribution in [0.3, 0.4) is 0 Å². The Balaban J connectivity index is 1.32. The maximum Gasteiger partial charge on any atom is 0.119 e. The van der Waals surface area contributed by atoms with Gasteiger partial charge < -0.3 is 14.9 Å². The molecule has 6 heteroatoms. The summed E-state index contributed by atoms with van der Waals surface area (Å²) in [7, 11) is 0. The van der Waals surface area contributed by atoms with Gasteiger partial charge in [0.05, 0.1) is 10.5 Å². The summed E-state index contributed by atoms with van der Waals surface area (Å²) in [6, 6.07) is 21.6. The molecular weight excluding hydrogens is 450 g/mol. The molecule has 5 rings (SSSR count). The van der Waals surface area contributed by atoms with Crippen LogP contribution < -0.4 is 4.74 Å². The van der Waals surface area contributed by atoms with E-state index >= 15 is 0 Å². The van der Waals surface area contributed by atoms with Crippen molar-refractivity contribution in [2.75, 3.05) is 26.2 Å². The van der Waals surface area contributed by atoms with Crippen LogP contribution in [0.4, 0.5) is 0 Å². The number of nitrogens with zero attached hydrogens (tertiary/aromatic N) is 1. The number of phenols is 2. The Morgan fingerprint density at radius 3 is 2.03 bits per heavy atom. The van der Waals surface area contributed by atoms with Crippen molar-refractivity contribution in [1.29, 1.82) is 0 Å². The molecule has 2 atom stereocenters. The highest BCUT2D eigenvalue weighted by Gasteiger charge is 2.32. The van der Waals surface area contributed by atoms with Gasteiger partial charge in [0, 0.05) is 16.3 Å². The van der Waals surface area contributed by atoms with E-state index in [2.05, 4.69) is 29.2 Å². The van der Waals surface area contributed by atoms with Gasteiger partial charge in [-0.1, -0.05) is 30.7 Å². The van der Waals surface area contributed by atoms with Gasteiger partial charge in [-0.25, -0.2) is 0 Å². The molecule has 33 heavy (non-hydrogen) atoms. The van der Waals surface area contributed by atoms with Crippen LogP contribution in [0.5, 0.6) is 17.2 Å². The fourth-order valence-electron chi connectivity index (χ4n) is 4.46. The van der Waals surface area contributed by atoms with Gasteiger partial charge in [-0.2, -0.15) is 0 Å². The van der Waals surface area contributed by atoms with Gasteiger partial charge in [0.15, 0.2) is 0 Å². The molecule has 0 aromatic heterocycles. The normalized spacial score (nSPS) is 20.8. The highest BCUT2D eigenvalue weighted by atomic mass is 32.2. The summed E-state index contributed by atoms with van der Waals surface area (Å²) in [4.78, 5) is 4.76. The zero-order chi connectivity index (χ0) is 22.6. The number of ether oxygens (including phenoxy) is 1. The fraction of sp³-hybridized carbons (Fsp3) is 0.333. The summed E-state index contributed by atoms with van der Waals surface area (Å²) >= 11 is 3.59. The van der Waals surface area contributed by atoms with Gasteiger partial charge in [-0.15, -0.1) is 23.5 Å². The topological polar surface area (TPSA) is 52.9 Å². The molecule has 172 valence electrons. The number of aromatic hydroxyl groups is 2. The Kier molecular flexibility index (Phi) is 7.04. The number of rotatable bonds is 6. The number of phenolic OH excluding ortho intramolecular Hbond substituents is 2. The van der Waals surface area contributed by atoms with Crippen molar-refractivity contribution in [3.8, 4) is 17.2 Å². The summed E-state index contributed by atoms with van der Waals surface area (Å²) in [5, 5.41) is 20.1. The molecule has 4 nitrogen and oxygen atoms in total. The molecule has 0 unspecified atom stereocenters. The van der Waals surface area contributed by atoms with Crippen molar-refractivity contribution in [3.05, 3.63) is 77.9 Å². The van der Waals surface area contributed by atoms with Crippen molar-refractivity contribution < 1.29 is 14.9 Å². The van der Waals surface area contributed by atoms with Crippen LogP contribution in [-0.4, -0.2) is 41.4 Å². The van der Waals surface area contributed by atoms with E-state index < -0.39 is 0 Å². The molecule has 1 fully saturated rings. The monoisotopic (exact) mass is 479 g/mol. The Labute approximate surface area is 204 Å². The number of hydrogen-bond donors (Lipinski definition) is 2. The zero-order valence-electron chi connectivity index (χ0n) is 18.5. The SMILES string of the molecule is Oc1ccc([C@H]2Sc3cc(O)ccc3S[C@H]2c2ccc(OCCN3CCCCC3)cc2)cc1. The van der Waals surface area contributed by atoms with E-state index in [0.717, 1.165) is 29.4 Å². The zero-order valence-corrected chi connectivity index (χ0v) is 20.2. The van der Waals surface area contributed by atoms with E-state index in [-0.39, 0.29) is 22.0 Å². The number of benzene rings is 3. The molecule has 0 bridgehead atoms. The quantitative estimate of drug-likeness (QED) is 0.413. The molecule has 2 N–H and O–H groups in total. The Bertz CT molecular complexity index is 1070. The second-order valence-electron chi connectivity index (χ2n) is 8.62. The lowest BCUT2D eigenvalue weighted by Crippen LogP contribution is -2.33. The molecule has 1 saturated heterocycles. The van der Waals surface area contributed by atoms with Crippen molar-refractivity contribution in [2.45, 2.75) is 39.6 Å². The predicted molar refractivity (Wildman–Crippen MR) is 136 cm³/mol. The van der Waals surface area contributed by atoms with E-state index in [9.17, 15) is 10.2 Å². The predicted octanol–water partition coefficient (Wildman–Crippen LogP) is 6.64. The minimum Gasteiger partial charge on any atom is -0.508 e. The molecule has 2 aliphatic rings. The second-order valence-corrected chi connectivity index (χ2v) is 11.0. The number of thioether (sulfide) groups is 2. The summed E-state index contributed by atoms with van der Waals surface area (Å²) in [6.45, 7) is 4.09. The maximum absolute atomic E-state index is 9.98. The highest BCUT2D eigenvalue weighted by molar-refractivity contribution is 8.06. The first-order valence-electron chi connectivity index (χ1n) is 11.6. The van der Waals surface area contributed by atoms with Crippen LogP contribution in [0.15, 0.2) is 76.5 Å². The highest BCUT2D eigenvalue weighted by Crippen LogP contribution is 2.59. The molecule has 3 aromatic rings. The first-order chi connectivity index (χ1) is 16.2. The molecule has 2 aliphatic heterocycles. The molecule has 3 aromatic carbocycles. The molecule has 2 heterocycles. The number of likely N-dealkylation sites (tertiary alicyclic amines) is 1. The standard InChI is InChI=1S/C27H29NO3S2/c29-21-8-4-19(5-9-21)27-26(32-24-13-10-22(30)18-25(24)33-27)20-6-11-23(12-7-20)31-17-16-28-14-2-1-3-15-28/h4-13,18,26-27,29-30H,1-3,14-17H2/t26-,27+/m0/s1. The van der Waals surface area contributed by atoms with Gasteiger partial charge in [0.2, 0.25) is 0 Å². The molecule has 0 spiro atoms. The lowest BCUT2D eigenvalue weighted by Gasteiger charge is -2.33. The van der Waals surface area contributed by atoms with Crippen LogP contribution >= 0.6 is 23.5 Å². The second kappa shape index (κ2) is 10.3. The van der Waals surface area contributed by atoms with Crippen molar-refractivity contribution in [2.24, 2.45) is 0 Å². The number of fused-ring (bicyclic) bond motifs is 1. The average Bonchev–Trinajstić information content (AvgIpc) is 2.85. The average molecular weight is 480 g/mol. The largest absolute Gasteiger partial charge is 0.508 e. The number of hydrogen-bond acceptors (Lipinski definition) is 6. The molecule has 0 saturated carbocycles. The van der Waals surface area contributed by atoms with Crippen molar-refractivity contribution >= 4 is 23.5 Å². The third kappa shape index (κ3) is 5.45. The molecule has 0 radical (unpaired) electrons. The van der Waals surface area contributed by atoms with E-state index in [4.69, 9.17) is 4.74 Å². The van der Waals surface area contributed by atoms with Gasteiger partial charge in [0.25, 0.3) is 0 Å². The van der Waals surface area contributed by atoms with Gasteiger partial charge in [0.1, 0.15) is 23.9 Å². The fourth-order valence-corrected chi connectivity index (χ4v) is 7.47. The lowest BCUT2D eigenvalue weighted by atomic mass is 10.0. The van der Waals surface area contributed by atoms with Gasteiger partial charge >= 0.3 is 0 Å². The summed E-state index contributed by atoms with van der Waals surface area (Å²) in [6.07, 6.45) is 3.96. The Morgan fingerprint density at radius 1 is 0.727 bits per heavy atom. The van der Waals surface area contributed by atoms with Gasteiger partial charge in [-0.05, 0) is 79.5 Å². The van der Waals surface area contributed by atoms with E-state index in [1.807, 2.05) is 36.0 Å². The molecule has 0 aliphatic carbocycles. The van der Waals surface area contributed by atoms with E-state index in [1.165, 1.54) is 42.8 Å². The summed E-state index contributed by atoms with van der Waals surface area (Å²) in [5.41, 5.74) is 2.40. The van der Waals surface area contributed by atoms with Gasteiger partial charge in [-0.3, -0.25) is 4.90 Å². The first-order valence-corrected chi connectivity index (χ1v) is 13.3. The maximum atomic E-state index is 9.98. The third-order valence-corrected chi connectivity index (χ3v) is 9.36.